The van der Waals surface area contributed by atoms with Gasteiger partial charge in [0, 0.05) is 13.1 Å². The van der Waals surface area contributed by atoms with Crippen molar-refractivity contribution in [3.63, 3.8) is 0 Å². The molecule has 18 heavy (non-hydrogen) atoms. The second-order valence-electron chi connectivity index (χ2n) is 4.24. The van der Waals surface area contributed by atoms with E-state index in [2.05, 4.69) is 29.0 Å². The summed E-state index contributed by atoms with van der Waals surface area (Å²) in [5.74, 6) is 0. The lowest BCUT2D eigenvalue weighted by molar-refractivity contribution is 0.316. The van der Waals surface area contributed by atoms with E-state index in [1.807, 2.05) is 13.8 Å². The fourth-order valence-corrected chi connectivity index (χ4v) is 2.30. The summed E-state index contributed by atoms with van der Waals surface area (Å²) >= 11 is 12.5. The fourth-order valence-electron chi connectivity index (χ4n) is 1.84. The third-order valence-electron chi connectivity index (χ3n) is 3.03. The van der Waals surface area contributed by atoms with E-state index < -0.39 is 0 Å². The first kappa shape index (κ1) is 15.5. The van der Waals surface area contributed by atoms with Gasteiger partial charge in [-0.15, -0.1) is 0 Å². The Hall–Kier alpha value is -0.510. The molecule has 102 valence electrons. The second kappa shape index (κ2) is 7.17. The molecule has 1 aromatic rings. The van der Waals surface area contributed by atoms with E-state index in [1.54, 1.807) is 0 Å². The van der Waals surface area contributed by atoms with E-state index in [9.17, 15) is 0 Å². The quantitative estimate of drug-likeness (QED) is 0.864. The molecule has 0 aliphatic carbocycles. The standard InChI is InChI=1S/C13H21Cl2N3/c1-5-18(6-2)8-7-16-13-11(14)9(3)17-10(4)12(13)15/h5-8H2,1-4H3,(H,16,17). The van der Waals surface area contributed by atoms with Gasteiger partial charge in [0.15, 0.2) is 0 Å². The van der Waals surface area contributed by atoms with Gasteiger partial charge in [0.25, 0.3) is 0 Å². The lowest BCUT2D eigenvalue weighted by atomic mass is 10.2. The number of halogens is 2. The number of aromatic nitrogens is 1. The van der Waals surface area contributed by atoms with Crippen LogP contribution in [0.25, 0.3) is 0 Å². The first-order valence-electron chi connectivity index (χ1n) is 6.29. The van der Waals surface area contributed by atoms with Crippen LogP contribution in [-0.4, -0.2) is 36.1 Å². The van der Waals surface area contributed by atoms with Crippen LogP contribution in [0.1, 0.15) is 25.2 Å². The number of nitrogens with one attached hydrogen (secondary N) is 1. The van der Waals surface area contributed by atoms with Gasteiger partial charge in [-0.05, 0) is 26.9 Å². The van der Waals surface area contributed by atoms with E-state index in [-0.39, 0.29) is 0 Å². The number of likely N-dealkylation sites (N-methyl/N-ethyl adjacent to an activating group) is 1. The molecule has 0 bridgehead atoms. The van der Waals surface area contributed by atoms with Crippen molar-refractivity contribution in [1.82, 2.24) is 9.88 Å². The minimum Gasteiger partial charge on any atom is -0.381 e. The van der Waals surface area contributed by atoms with Gasteiger partial charge >= 0.3 is 0 Å². The fraction of sp³-hybridized carbons (Fsp3) is 0.615. The molecular formula is C13H21Cl2N3. The minimum absolute atomic E-state index is 0.616. The molecule has 1 heterocycles. The summed E-state index contributed by atoms with van der Waals surface area (Å²) in [6.45, 7) is 12.0. The van der Waals surface area contributed by atoms with Crippen LogP contribution in [-0.2, 0) is 0 Å². The zero-order valence-electron chi connectivity index (χ0n) is 11.5. The van der Waals surface area contributed by atoms with Crippen molar-refractivity contribution in [2.45, 2.75) is 27.7 Å². The van der Waals surface area contributed by atoms with Gasteiger partial charge in [-0.25, -0.2) is 0 Å². The predicted molar refractivity (Wildman–Crippen MR) is 80.0 cm³/mol. The van der Waals surface area contributed by atoms with E-state index in [0.29, 0.717) is 10.0 Å². The highest BCUT2D eigenvalue weighted by molar-refractivity contribution is 6.39. The van der Waals surface area contributed by atoms with Crippen LogP contribution in [0.15, 0.2) is 0 Å². The number of aryl methyl sites for hydroxylation is 2. The monoisotopic (exact) mass is 289 g/mol. The van der Waals surface area contributed by atoms with Crippen LogP contribution in [0.2, 0.25) is 10.0 Å². The largest absolute Gasteiger partial charge is 0.381 e. The van der Waals surface area contributed by atoms with Crippen LogP contribution in [0.4, 0.5) is 5.69 Å². The van der Waals surface area contributed by atoms with Crippen LogP contribution >= 0.6 is 23.2 Å². The molecule has 5 heteroatoms. The summed E-state index contributed by atoms with van der Waals surface area (Å²) in [6.07, 6.45) is 0. The van der Waals surface area contributed by atoms with Gasteiger partial charge in [0.1, 0.15) is 0 Å². The van der Waals surface area contributed by atoms with Gasteiger partial charge in [0.2, 0.25) is 0 Å². The lowest BCUT2D eigenvalue weighted by Gasteiger charge is -2.19. The first-order chi connectivity index (χ1) is 8.51. The van der Waals surface area contributed by atoms with Gasteiger partial charge < -0.3 is 10.2 Å². The molecule has 1 aromatic heterocycles. The molecule has 0 spiro atoms. The third kappa shape index (κ3) is 3.74. The molecule has 0 saturated carbocycles. The first-order valence-corrected chi connectivity index (χ1v) is 7.05. The van der Waals surface area contributed by atoms with Gasteiger partial charge in [0.05, 0.1) is 27.1 Å². The molecule has 0 atom stereocenters. The van der Waals surface area contributed by atoms with Crippen molar-refractivity contribution in [2.75, 3.05) is 31.5 Å². The predicted octanol–water partition coefficient (Wildman–Crippen LogP) is 3.76. The Balaban J connectivity index is 2.73. The van der Waals surface area contributed by atoms with Crippen molar-refractivity contribution in [1.29, 1.82) is 0 Å². The Bertz CT molecular complexity index is 377. The van der Waals surface area contributed by atoms with Crippen molar-refractivity contribution in [2.24, 2.45) is 0 Å². The summed E-state index contributed by atoms with van der Waals surface area (Å²) in [6, 6.07) is 0. The number of hydrogen-bond acceptors (Lipinski definition) is 3. The number of rotatable bonds is 6. The molecule has 0 aliphatic rings. The average molecular weight is 290 g/mol. The number of anilines is 1. The topological polar surface area (TPSA) is 28.2 Å². The Morgan fingerprint density at radius 3 is 2.00 bits per heavy atom. The second-order valence-corrected chi connectivity index (χ2v) is 5.00. The van der Waals surface area contributed by atoms with Crippen molar-refractivity contribution < 1.29 is 0 Å². The molecule has 0 unspecified atom stereocenters. The van der Waals surface area contributed by atoms with Crippen LogP contribution in [0.5, 0.6) is 0 Å². The minimum atomic E-state index is 0.616. The van der Waals surface area contributed by atoms with E-state index >= 15 is 0 Å². The van der Waals surface area contributed by atoms with Crippen LogP contribution in [0.3, 0.4) is 0 Å². The van der Waals surface area contributed by atoms with Crippen molar-refractivity contribution in [3.05, 3.63) is 21.4 Å². The lowest BCUT2D eigenvalue weighted by Crippen LogP contribution is -2.28. The van der Waals surface area contributed by atoms with E-state index in [1.165, 1.54) is 0 Å². The van der Waals surface area contributed by atoms with Gasteiger partial charge in [-0.2, -0.15) is 0 Å². The molecule has 0 radical (unpaired) electrons. The molecule has 1 N–H and O–H groups in total. The molecule has 3 nitrogen and oxygen atoms in total. The smallest absolute Gasteiger partial charge is 0.0865 e. The van der Waals surface area contributed by atoms with Gasteiger partial charge in [-0.1, -0.05) is 37.0 Å². The maximum absolute atomic E-state index is 6.23. The highest BCUT2D eigenvalue weighted by Gasteiger charge is 2.12. The SMILES string of the molecule is CCN(CC)CCNc1c(Cl)c(C)nc(C)c1Cl. The van der Waals surface area contributed by atoms with Gasteiger partial charge in [-0.3, -0.25) is 4.98 Å². The van der Waals surface area contributed by atoms with Crippen LogP contribution in [0, 0.1) is 13.8 Å². The summed E-state index contributed by atoms with van der Waals surface area (Å²) in [4.78, 5) is 6.64. The molecular weight excluding hydrogens is 269 g/mol. The Morgan fingerprint density at radius 1 is 1.06 bits per heavy atom. The third-order valence-corrected chi connectivity index (χ3v) is 3.96. The summed E-state index contributed by atoms with van der Waals surface area (Å²) < 4.78 is 0. The highest BCUT2D eigenvalue weighted by Crippen LogP contribution is 2.33. The van der Waals surface area contributed by atoms with E-state index in [0.717, 1.165) is 43.3 Å². The highest BCUT2D eigenvalue weighted by atomic mass is 35.5. The Morgan fingerprint density at radius 2 is 1.56 bits per heavy atom. The molecule has 0 aliphatic heterocycles. The average Bonchev–Trinajstić information content (AvgIpc) is 2.36. The maximum Gasteiger partial charge on any atom is 0.0865 e. The molecule has 0 fully saturated rings. The van der Waals surface area contributed by atoms with E-state index in [4.69, 9.17) is 23.2 Å². The zero-order chi connectivity index (χ0) is 13.7. The summed E-state index contributed by atoms with van der Waals surface area (Å²) in [7, 11) is 0. The van der Waals surface area contributed by atoms with Crippen LogP contribution < -0.4 is 5.32 Å². The summed E-state index contributed by atoms with van der Waals surface area (Å²) in [5.41, 5.74) is 2.42. The Labute approximate surface area is 119 Å². The van der Waals surface area contributed by atoms with Crippen molar-refractivity contribution in [3.8, 4) is 0 Å². The normalized spacial score (nSPS) is 11.1. The molecule has 0 amide bonds. The van der Waals surface area contributed by atoms with Crippen molar-refractivity contribution >= 4 is 28.9 Å². The molecule has 0 saturated heterocycles. The maximum atomic E-state index is 6.23. The molecule has 1 rings (SSSR count). The zero-order valence-corrected chi connectivity index (χ0v) is 13.0. The molecule has 0 aromatic carbocycles. The Kier molecular flexibility index (Phi) is 6.19. The number of nitrogens with zero attached hydrogens (tertiary/aromatic N) is 2. The summed E-state index contributed by atoms with van der Waals surface area (Å²) in [5, 5.41) is 4.55. The number of pyridine rings is 1. The number of hydrogen-bond donors (Lipinski definition) is 1.